The Morgan fingerprint density at radius 2 is 1.90 bits per heavy atom. The molecule has 0 aromatic heterocycles. The summed E-state index contributed by atoms with van der Waals surface area (Å²) in [5.74, 6) is 0.482. The molecule has 0 radical (unpaired) electrons. The lowest BCUT2D eigenvalue weighted by Crippen LogP contribution is -2.28. The zero-order chi connectivity index (χ0) is 15.2. The molecule has 2 aromatic carbocycles. The average molecular weight is 304 g/mol. The molecule has 110 valence electrons. The first-order valence-electron chi connectivity index (χ1n) is 6.52. The molecular formula is C16H17FN2OS. The van der Waals surface area contributed by atoms with Gasteiger partial charge in [-0.05, 0) is 54.5 Å². The van der Waals surface area contributed by atoms with Gasteiger partial charge < -0.3 is 15.4 Å². The minimum atomic E-state index is -0.246. The van der Waals surface area contributed by atoms with E-state index in [2.05, 4.69) is 10.6 Å². The maximum atomic E-state index is 12.8. The molecule has 21 heavy (non-hydrogen) atoms. The van der Waals surface area contributed by atoms with Crippen LogP contribution >= 0.6 is 12.2 Å². The molecular weight excluding hydrogens is 287 g/mol. The molecule has 0 aliphatic rings. The first kappa shape index (κ1) is 15.3. The monoisotopic (exact) mass is 304 g/mol. The fourth-order valence-corrected chi connectivity index (χ4v) is 2.05. The van der Waals surface area contributed by atoms with Gasteiger partial charge in [0, 0.05) is 6.54 Å². The number of rotatable bonds is 4. The molecule has 3 nitrogen and oxygen atoms in total. The van der Waals surface area contributed by atoms with Crippen molar-refractivity contribution in [1.82, 2.24) is 5.32 Å². The van der Waals surface area contributed by atoms with Crippen molar-refractivity contribution in [2.75, 3.05) is 12.4 Å². The Kier molecular flexibility index (Phi) is 5.11. The fourth-order valence-electron chi connectivity index (χ4n) is 1.87. The van der Waals surface area contributed by atoms with Crippen LogP contribution in [0.1, 0.15) is 11.1 Å². The molecule has 0 aliphatic heterocycles. The van der Waals surface area contributed by atoms with Crippen molar-refractivity contribution in [2.45, 2.75) is 13.5 Å². The minimum Gasteiger partial charge on any atom is -0.495 e. The predicted octanol–water partition coefficient (Wildman–Crippen LogP) is 3.63. The zero-order valence-corrected chi connectivity index (χ0v) is 12.8. The van der Waals surface area contributed by atoms with Gasteiger partial charge >= 0.3 is 0 Å². The summed E-state index contributed by atoms with van der Waals surface area (Å²) < 4.78 is 18.1. The Labute approximate surface area is 129 Å². The smallest absolute Gasteiger partial charge is 0.171 e. The molecule has 2 N–H and O–H groups in total. The van der Waals surface area contributed by atoms with E-state index in [-0.39, 0.29) is 5.82 Å². The minimum absolute atomic E-state index is 0.246. The average Bonchev–Trinajstić information content (AvgIpc) is 2.47. The third kappa shape index (κ3) is 4.43. The van der Waals surface area contributed by atoms with Crippen molar-refractivity contribution in [3.8, 4) is 5.75 Å². The molecule has 0 saturated carbocycles. The number of halogens is 1. The molecule has 2 aromatic rings. The van der Waals surface area contributed by atoms with Gasteiger partial charge in [0.2, 0.25) is 0 Å². The molecule has 0 unspecified atom stereocenters. The normalized spacial score (nSPS) is 10.0. The molecule has 0 atom stereocenters. The van der Waals surface area contributed by atoms with Crippen LogP contribution in [0, 0.1) is 12.7 Å². The van der Waals surface area contributed by atoms with Crippen LogP contribution in [-0.2, 0) is 6.54 Å². The molecule has 0 aliphatic carbocycles. The summed E-state index contributed by atoms with van der Waals surface area (Å²) in [6.07, 6.45) is 0. The van der Waals surface area contributed by atoms with Gasteiger partial charge in [-0.3, -0.25) is 0 Å². The summed E-state index contributed by atoms with van der Waals surface area (Å²) >= 11 is 5.26. The number of methoxy groups -OCH3 is 1. The Bertz CT molecular complexity index is 629. The number of anilines is 1. The Balaban J connectivity index is 1.95. The van der Waals surface area contributed by atoms with E-state index >= 15 is 0 Å². The first-order valence-corrected chi connectivity index (χ1v) is 6.93. The number of benzene rings is 2. The third-order valence-corrected chi connectivity index (χ3v) is 3.22. The fraction of sp³-hybridized carbons (Fsp3) is 0.188. The van der Waals surface area contributed by atoms with Crippen LogP contribution in [0.4, 0.5) is 10.1 Å². The first-order chi connectivity index (χ1) is 10.1. The second-order valence-electron chi connectivity index (χ2n) is 4.64. The summed E-state index contributed by atoms with van der Waals surface area (Å²) in [4.78, 5) is 0. The van der Waals surface area contributed by atoms with Crippen molar-refractivity contribution < 1.29 is 9.13 Å². The Morgan fingerprint density at radius 1 is 1.19 bits per heavy atom. The molecule has 2 rings (SSSR count). The topological polar surface area (TPSA) is 33.3 Å². The highest BCUT2D eigenvalue weighted by Crippen LogP contribution is 2.25. The van der Waals surface area contributed by atoms with E-state index < -0.39 is 0 Å². The van der Waals surface area contributed by atoms with Gasteiger partial charge in [-0.25, -0.2) is 4.39 Å². The maximum Gasteiger partial charge on any atom is 0.171 e. The van der Waals surface area contributed by atoms with Crippen LogP contribution in [0.2, 0.25) is 0 Å². The van der Waals surface area contributed by atoms with Gasteiger partial charge in [-0.2, -0.15) is 0 Å². The number of hydrogen-bond acceptors (Lipinski definition) is 2. The van der Waals surface area contributed by atoms with Crippen molar-refractivity contribution in [3.63, 3.8) is 0 Å². The van der Waals surface area contributed by atoms with Gasteiger partial charge in [0.05, 0.1) is 12.8 Å². The van der Waals surface area contributed by atoms with Crippen molar-refractivity contribution >= 4 is 23.0 Å². The lowest BCUT2D eigenvalue weighted by Gasteiger charge is -2.14. The van der Waals surface area contributed by atoms with E-state index in [1.807, 2.05) is 25.1 Å². The number of aryl methyl sites for hydroxylation is 1. The number of nitrogens with one attached hydrogen (secondary N) is 2. The lowest BCUT2D eigenvalue weighted by atomic mass is 10.2. The van der Waals surface area contributed by atoms with E-state index in [0.29, 0.717) is 11.7 Å². The Hall–Kier alpha value is -2.14. The van der Waals surface area contributed by atoms with Gasteiger partial charge in [0.15, 0.2) is 5.11 Å². The number of thiocarbonyl (C=S) groups is 1. The van der Waals surface area contributed by atoms with Crippen LogP contribution < -0.4 is 15.4 Å². The molecule has 0 fully saturated rings. The largest absolute Gasteiger partial charge is 0.495 e. The molecule has 0 spiro atoms. The summed E-state index contributed by atoms with van der Waals surface area (Å²) in [7, 11) is 1.62. The van der Waals surface area contributed by atoms with Crippen molar-refractivity contribution in [2.24, 2.45) is 0 Å². The van der Waals surface area contributed by atoms with Gasteiger partial charge in [0.1, 0.15) is 11.6 Å². The number of ether oxygens (including phenoxy) is 1. The van der Waals surface area contributed by atoms with E-state index in [1.54, 1.807) is 19.2 Å². The van der Waals surface area contributed by atoms with E-state index in [0.717, 1.165) is 22.6 Å². The van der Waals surface area contributed by atoms with Gasteiger partial charge in [0.25, 0.3) is 0 Å². The highest BCUT2D eigenvalue weighted by Gasteiger charge is 2.05. The van der Waals surface area contributed by atoms with E-state index in [9.17, 15) is 4.39 Å². The maximum absolute atomic E-state index is 12.8. The van der Waals surface area contributed by atoms with Crippen molar-refractivity contribution in [3.05, 3.63) is 59.4 Å². The molecule has 0 amide bonds. The highest BCUT2D eigenvalue weighted by atomic mass is 32.1. The Morgan fingerprint density at radius 3 is 2.57 bits per heavy atom. The van der Waals surface area contributed by atoms with Gasteiger partial charge in [-0.15, -0.1) is 0 Å². The SMILES string of the molecule is COc1ccc(C)cc1NC(=S)NCc1ccc(F)cc1. The standard InChI is InChI=1S/C16H17FN2OS/c1-11-3-8-15(20-2)14(9-11)19-16(21)18-10-12-4-6-13(17)7-5-12/h3-9H,10H2,1-2H3,(H2,18,19,21). The summed E-state index contributed by atoms with van der Waals surface area (Å²) in [5.41, 5.74) is 2.88. The van der Waals surface area contributed by atoms with Gasteiger partial charge in [-0.1, -0.05) is 18.2 Å². The third-order valence-electron chi connectivity index (χ3n) is 2.97. The zero-order valence-electron chi connectivity index (χ0n) is 11.9. The summed E-state index contributed by atoms with van der Waals surface area (Å²) in [5, 5.41) is 6.67. The van der Waals surface area contributed by atoms with Crippen LogP contribution in [0.25, 0.3) is 0 Å². The van der Waals surface area contributed by atoms with Crippen LogP contribution in [-0.4, -0.2) is 12.2 Å². The van der Waals surface area contributed by atoms with Crippen LogP contribution in [0.3, 0.4) is 0 Å². The van der Waals surface area contributed by atoms with Crippen LogP contribution in [0.15, 0.2) is 42.5 Å². The lowest BCUT2D eigenvalue weighted by molar-refractivity contribution is 0.417. The highest BCUT2D eigenvalue weighted by molar-refractivity contribution is 7.80. The van der Waals surface area contributed by atoms with Crippen LogP contribution in [0.5, 0.6) is 5.75 Å². The second kappa shape index (κ2) is 7.04. The van der Waals surface area contributed by atoms with E-state index in [1.165, 1.54) is 12.1 Å². The summed E-state index contributed by atoms with van der Waals surface area (Å²) in [6, 6.07) is 12.1. The van der Waals surface area contributed by atoms with E-state index in [4.69, 9.17) is 17.0 Å². The second-order valence-corrected chi connectivity index (χ2v) is 5.05. The molecule has 5 heteroatoms. The summed E-state index contributed by atoms with van der Waals surface area (Å²) in [6.45, 7) is 2.53. The van der Waals surface area contributed by atoms with Crippen molar-refractivity contribution in [1.29, 1.82) is 0 Å². The number of hydrogen-bond donors (Lipinski definition) is 2. The molecule has 0 bridgehead atoms. The quantitative estimate of drug-likeness (QED) is 0.845. The predicted molar refractivity (Wildman–Crippen MR) is 87.2 cm³/mol. The molecule has 0 heterocycles. The molecule has 0 saturated heterocycles.